The van der Waals surface area contributed by atoms with Crippen molar-refractivity contribution in [3.8, 4) is 0 Å². The van der Waals surface area contributed by atoms with E-state index in [0.717, 1.165) is 32.1 Å². The Bertz CT molecular complexity index is 607. The second-order valence-corrected chi connectivity index (χ2v) is 11.2. The van der Waals surface area contributed by atoms with Crippen LogP contribution in [-0.2, 0) is 14.4 Å². The molecule has 0 aromatic rings. The molecule has 0 heterocycles. The third-order valence-corrected chi connectivity index (χ3v) is 7.37. The first-order valence-corrected chi connectivity index (χ1v) is 14.7. The van der Waals surface area contributed by atoms with E-state index in [4.69, 9.17) is 0 Å². The Labute approximate surface area is 225 Å². The van der Waals surface area contributed by atoms with Gasteiger partial charge in [0.1, 0.15) is 11.8 Å². The molecule has 2 N–H and O–H groups in total. The van der Waals surface area contributed by atoms with Crippen molar-refractivity contribution >= 4 is 17.9 Å². The Balaban J connectivity index is 4.54. The Kier molecular flexibility index (Phi) is 20.0. The molecule has 0 saturated carbocycles. The summed E-state index contributed by atoms with van der Waals surface area (Å²) in [4.78, 5) is 34.6. The molecule has 0 spiro atoms. The molecule has 216 valence electrons. The number of nitrogens with zero attached hydrogens (tertiary/aromatic N) is 1. The van der Waals surface area contributed by atoms with E-state index in [9.17, 15) is 29.7 Å². The van der Waals surface area contributed by atoms with Gasteiger partial charge < -0.3 is 24.6 Å². The van der Waals surface area contributed by atoms with Crippen molar-refractivity contribution in [3.05, 3.63) is 12.2 Å². The number of hydrogen-bond acceptors (Lipinski definition) is 4. The molecule has 0 radical (unpaired) electrons. The highest BCUT2D eigenvalue weighted by Crippen LogP contribution is 2.22. The second-order valence-electron chi connectivity index (χ2n) is 11.2. The predicted octanol–water partition coefficient (Wildman–Crippen LogP) is 5.67. The average Bonchev–Trinajstić information content (AvgIpc) is 2.83. The van der Waals surface area contributed by atoms with Gasteiger partial charge in [0.15, 0.2) is 0 Å². The van der Waals surface area contributed by atoms with E-state index in [1.54, 1.807) is 20.8 Å². The molecule has 0 aromatic heterocycles. The molecule has 0 aliphatic carbocycles. The lowest BCUT2D eigenvalue weighted by molar-refractivity contribution is -0.934. The largest absolute Gasteiger partial charge is 0.550 e. The molecule has 0 amide bonds. The molecule has 3 unspecified atom stereocenters. The number of rotatable bonds is 25. The zero-order valence-electron chi connectivity index (χ0n) is 24.1. The lowest BCUT2D eigenvalue weighted by atomic mass is 10.0. The molecule has 7 nitrogen and oxygen atoms in total. The number of quaternary nitrogens is 1. The van der Waals surface area contributed by atoms with Crippen LogP contribution in [0.1, 0.15) is 118 Å². The molecule has 0 rings (SSSR count). The standard InChI is InChI=1S/C30H55NO6/c1-5-6-7-8-9-10-11-12-13-14-15-16-17-18-19-20-21-31(22-25(2)28(32)33,23-26(3)29(34)35)24-27(4)30(36)37/h12-13,25-27H,5-11,14-24H2,1-4H3,(H2-,32,33,34,35,36,37)/b13-12+. The van der Waals surface area contributed by atoms with Crippen LogP contribution in [-0.4, -0.2) is 58.8 Å². The third kappa shape index (κ3) is 18.1. The van der Waals surface area contributed by atoms with Gasteiger partial charge >= 0.3 is 11.9 Å². The molecule has 0 fully saturated rings. The fourth-order valence-corrected chi connectivity index (χ4v) is 5.17. The Morgan fingerprint density at radius 2 is 1.03 bits per heavy atom. The zero-order valence-corrected chi connectivity index (χ0v) is 24.1. The minimum atomic E-state index is -1.19. The third-order valence-electron chi connectivity index (χ3n) is 7.37. The van der Waals surface area contributed by atoms with Crippen molar-refractivity contribution < 1.29 is 34.2 Å². The fraction of sp³-hybridized carbons (Fsp3) is 0.833. The quantitative estimate of drug-likeness (QED) is 0.0902. The summed E-state index contributed by atoms with van der Waals surface area (Å²) in [6.45, 7) is 8.20. The summed E-state index contributed by atoms with van der Waals surface area (Å²) in [5, 5.41) is 30.5. The van der Waals surface area contributed by atoms with Crippen LogP contribution in [0.3, 0.4) is 0 Å². The van der Waals surface area contributed by atoms with Crippen molar-refractivity contribution in [2.24, 2.45) is 17.8 Å². The SMILES string of the molecule is CCCCCCCC/C=C/CCCCCCCC[N+](CC(C)C(=O)[O-])(CC(C)C(=O)O)CC(C)C(=O)O. The van der Waals surface area contributed by atoms with Crippen LogP contribution >= 0.6 is 0 Å². The van der Waals surface area contributed by atoms with Crippen LogP contribution in [0.15, 0.2) is 12.2 Å². The van der Waals surface area contributed by atoms with Gasteiger partial charge in [-0.3, -0.25) is 9.59 Å². The van der Waals surface area contributed by atoms with Gasteiger partial charge in [0, 0.05) is 11.9 Å². The molecule has 3 atom stereocenters. The maximum Gasteiger partial charge on any atom is 0.311 e. The zero-order chi connectivity index (χ0) is 28.1. The molecule has 7 heteroatoms. The van der Waals surface area contributed by atoms with Gasteiger partial charge in [-0.05, 0) is 52.4 Å². The van der Waals surface area contributed by atoms with Gasteiger partial charge in [0.2, 0.25) is 0 Å². The number of aliphatic carboxylic acids is 3. The molecule has 0 aliphatic rings. The maximum absolute atomic E-state index is 11.6. The highest BCUT2D eigenvalue weighted by molar-refractivity contribution is 5.70. The van der Waals surface area contributed by atoms with Crippen LogP contribution in [0.4, 0.5) is 0 Å². The van der Waals surface area contributed by atoms with Crippen LogP contribution in [0, 0.1) is 17.8 Å². The first-order chi connectivity index (χ1) is 17.5. The first kappa shape index (κ1) is 35.1. The summed E-state index contributed by atoms with van der Waals surface area (Å²) >= 11 is 0. The number of allylic oxidation sites excluding steroid dienone is 2. The minimum absolute atomic E-state index is 0.180. The van der Waals surface area contributed by atoms with Gasteiger partial charge in [0.25, 0.3) is 0 Å². The van der Waals surface area contributed by atoms with Gasteiger partial charge in [-0.2, -0.15) is 0 Å². The number of carboxylic acids is 3. The number of hydrogen-bond donors (Lipinski definition) is 2. The summed E-state index contributed by atoms with van der Waals surface area (Å²) in [5.74, 6) is -5.25. The van der Waals surface area contributed by atoms with E-state index in [0.29, 0.717) is 6.54 Å². The number of carboxylic acid groups (broad SMARTS) is 3. The molecule has 37 heavy (non-hydrogen) atoms. The summed E-state index contributed by atoms with van der Waals surface area (Å²) in [5.41, 5.74) is 0. The first-order valence-electron chi connectivity index (χ1n) is 14.7. The normalized spacial score (nSPS) is 15.8. The van der Waals surface area contributed by atoms with Gasteiger partial charge in [-0.25, -0.2) is 0 Å². The predicted molar refractivity (Wildman–Crippen MR) is 147 cm³/mol. The highest BCUT2D eigenvalue weighted by Gasteiger charge is 2.36. The Morgan fingerprint density at radius 3 is 1.43 bits per heavy atom. The molecular weight excluding hydrogens is 470 g/mol. The highest BCUT2D eigenvalue weighted by atomic mass is 16.4. The van der Waals surface area contributed by atoms with E-state index in [1.807, 2.05) is 0 Å². The summed E-state index contributed by atoms with van der Waals surface area (Å²) in [6.07, 6.45) is 21.3. The van der Waals surface area contributed by atoms with Crippen molar-refractivity contribution in [1.82, 2.24) is 0 Å². The van der Waals surface area contributed by atoms with Gasteiger partial charge in [-0.1, -0.05) is 77.4 Å². The average molecular weight is 526 g/mol. The summed E-state index contributed by atoms with van der Waals surface area (Å²) < 4.78 is 0.180. The van der Waals surface area contributed by atoms with Crippen molar-refractivity contribution in [2.45, 2.75) is 118 Å². The monoisotopic (exact) mass is 525 g/mol. The summed E-state index contributed by atoms with van der Waals surface area (Å²) in [7, 11) is 0. The lowest BCUT2D eigenvalue weighted by Gasteiger charge is -2.43. The maximum atomic E-state index is 11.6. The van der Waals surface area contributed by atoms with Crippen LogP contribution < -0.4 is 5.11 Å². The molecule has 0 bridgehead atoms. The Morgan fingerprint density at radius 1 is 0.649 bits per heavy atom. The molecule has 0 aliphatic heterocycles. The van der Waals surface area contributed by atoms with Crippen LogP contribution in [0.5, 0.6) is 0 Å². The molecule has 0 saturated heterocycles. The van der Waals surface area contributed by atoms with E-state index in [-0.39, 0.29) is 24.1 Å². The number of carbonyl (C=O) groups excluding carboxylic acids is 1. The van der Waals surface area contributed by atoms with Crippen molar-refractivity contribution in [2.75, 3.05) is 26.2 Å². The minimum Gasteiger partial charge on any atom is -0.550 e. The van der Waals surface area contributed by atoms with Crippen molar-refractivity contribution in [3.63, 3.8) is 0 Å². The van der Waals surface area contributed by atoms with Crippen LogP contribution in [0.2, 0.25) is 0 Å². The second kappa shape index (κ2) is 21.1. The number of unbranched alkanes of at least 4 members (excludes halogenated alkanes) is 12. The topological polar surface area (TPSA) is 115 Å². The van der Waals surface area contributed by atoms with Gasteiger partial charge in [0.05, 0.1) is 26.2 Å². The van der Waals surface area contributed by atoms with E-state index >= 15 is 0 Å². The van der Waals surface area contributed by atoms with E-state index in [2.05, 4.69) is 19.1 Å². The van der Waals surface area contributed by atoms with E-state index in [1.165, 1.54) is 57.8 Å². The smallest absolute Gasteiger partial charge is 0.311 e. The molecular formula is C30H55NO6. The Hall–Kier alpha value is -1.89. The summed E-state index contributed by atoms with van der Waals surface area (Å²) in [6, 6.07) is 0. The number of carbonyl (C=O) groups is 3. The fourth-order valence-electron chi connectivity index (χ4n) is 5.17. The lowest BCUT2D eigenvalue weighted by Crippen LogP contribution is -2.58. The van der Waals surface area contributed by atoms with Crippen LogP contribution in [0.25, 0.3) is 0 Å². The van der Waals surface area contributed by atoms with Gasteiger partial charge in [-0.15, -0.1) is 0 Å². The van der Waals surface area contributed by atoms with E-state index < -0.39 is 35.7 Å². The van der Waals surface area contributed by atoms with Crippen molar-refractivity contribution in [1.29, 1.82) is 0 Å². The molecule has 0 aromatic carbocycles.